The number of halogens is 1. The van der Waals surface area contributed by atoms with E-state index in [1.807, 2.05) is 0 Å². The fourth-order valence-electron chi connectivity index (χ4n) is 2.45. The number of aliphatic carboxylic acids is 1. The molecule has 1 aromatic carbocycles. The summed E-state index contributed by atoms with van der Waals surface area (Å²) in [6.07, 6.45) is 2.22. The molecule has 5 heteroatoms. The van der Waals surface area contributed by atoms with Crippen LogP contribution >= 0.6 is 11.6 Å². The summed E-state index contributed by atoms with van der Waals surface area (Å²) >= 11 is 5.87. The highest BCUT2D eigenvalue weighted by Crippen LogP contribution is 2.22. The Balaban J connectivity index is 2.28. The third-order valence-electron chi connectivity index (χ3n) is 3.47. The van der Waals surface area contributed by atoms with Gasteiger partial charge >= 0.3 is 5.97 Å². The van der Waals surface area contributed by atoms with E-state index in [4.69, 9.17) is 11.6 Å². The number of carbonyl (C=O) groups excluding carboxylic acids is 1. The molecule has 0 unspecified atom stereocenters. The first-order valence-corrected chi connectivity index (χ1v) is 6.68. The normalized spacial score (nSPS) is 19.3. The maximum Gasteiger partial charge on any atom is 0.326 e. The van der Waals surface area contributed by atoms with Crippen molar-refractivity contribution < 1.29 is 14.7 Å². The third kappa shape index (κ3) is 2.89. The standard InChI is InChI=1S/C14H16ClNO3/c1-9-8-10(15)5-6-11(9)13(17)16-7-3-2-4-12(16)14(18)19/h5-6,8,12H,2-4,7H2,1H3,(H,18,19)/t12-/m1/s1. The molecular formula is C14H16ClNO3. The number of nitrogens with zero attached hydrogens (tertiary/aromatic N) is 1. The molecule has 1 N–H and O–H groups in total. The third-order valence-corrected chi connectivity index (χ3v) is 3.70. The van der Waals surface area contributed by atoms with E-state index in [9.17, 15) is 14.7 Å². The highest BCUT2D eigenvalue weighted by atomic mass is 35.5. The van der Waals surface area contributed by atoms with Crippen LogP contribution in [0.2, 0.25) is 5.02 Å². The fraction of sp³-hybridized carbons (Fsp3) is 0.429. The van der Waals surface area contributed by atoms with Crippen LogP contribution in [0.25, 0.3) is 0 Å². The van der Waals surface area contributed by atoms with Gasteiger partial charge < -0.3 is 10.0 Å². The quantitative estimate of drug-likeness (QED) is 0.907. The number of rotatable bonds is 2. The summed E-state index contributed by atoms with van der Waals surface area (Å²) in [5.74, 6) is -1.15. The molecule has 0 saturated carbocycles. The average Bonchev–Trinajstić information content (AvgIpc) is 2.38. The van der Waals surface area contributed by atoms with Gasteiger partial charge in [0.05, 0.1) is 0 Å². The van der Waals surface area contributed by atoms with E-state index in [0.717, 1.165) is 18.4 Å². The molecule has 0 aliphatic carbocycles. The molecule has 19 heavy (non-hydrogen) atoms. The lowest BCUT2D eigenvalue weighted by Gasteiger charge is -2.33. The van der Waals surface area contributed by atoms with Crippen molar-refractivity contribution in [1.29, 1.82) is 0 Å². The number of carboxylic acid groups (broad SMARTS) is 1. The Morgan fingerprint density at radius 3 is 2.74 bits per heavy atom. The molecule has 1 atom stereocenters. The number of likely N-dealkylation sites (tertiary alicyclic amines) is 1. The Morgan fingerprint density at radius 2 is 2.11 bits per heavy atom. The van der Waals surface area contributed by atoms with Crippen molar-refractivity contribution in [2.24, 2.45) is 0 Å². The van der Waals surface area contributed by atoms with Crippen molar-refractivity contribution in [3.8, 4) is 0 Å². The number of hydrogen-bond donors (Lipinski definition) is 1. The van der Waals surface area contributed by atoms with Gasteiger partial charge in [-0.25, -0.2) is 4.79 Å². The summed E-state index contributed by atoms with van der Waals surface area (Å²) in [4.78, 5) is 25.2. The summed E-state index contributed by atoms with van der Waals surface area (Å²) < 4.78 is 0. The molecule has 0 spiro atoms. The lowest BCUT2D eigenvalue weighted by Crippen LogP contribution is -2.48. The highest BCUT2D eigenvalue weighted by Gasteiger charge is 2.32. The van der Waals surface area contributed by atoms with Crippen molar-refractivity contribution >= 4 is 23.5 Å². The van der Waals surface area contributed by atoms with Crippen LogP contribution in [0.5, 0.6) is 0 Å². The Kier molecular flexibility index (Phi) is 4.10. The van der Waals surface area contributed by atoms with Crippen molar-refractivity contribution in [3.63, 3.8) is 0 Å². The zero-order chi connectivity index (χ0) is 14.0. The van der Waals surface area contributed by atoms with Crippen molar-refractivity contribution in [2.75, 3.05) is 6.54 Å². The summed E-state index contributed by atoms with van der Waals surface area (Å²) in [5.41, 5.74) is 1.30. The van der Waals surface area contributed by atoms with Gasteiger partial charge in [-0.1, -0.05) is 11.6 Å². The van der Waals surface area contributed by atoms with Crippen LogP contribution < -0.4 is 0 Å². The largest absolute Gasteiger partial charge is 0.480 e. The van der Waals surface area contributed by atoms with Crippen molar-refractivity contribution in [3.05, 3.63) is 34.3 Å². The number of piperidine rings is 1. The first-order chi connectivity index (χ1) is 9.00. The molecule has 1 aliphatic rings. The van der Waals surface area contributed by atoms with Gasteiger partial charge in [-0.15, -0.1) is 0 Å². The van der Waals surface area contributed by atoms with Crippen LogP contribution in [-0.4, -0.2) is 34.5 Å². The molecule has 1 heterocycles. The van der Waals surface area contributed by atoms with E-state index in [2.05, 4.69) is 0 Å². The fourth-order valence-corrected chi connectivity index (χ4v) is 2.68. The van der Waals surface area contributed by atoms with Gasteiger partial charge in [0.1, 0.15) is 6.04 Å². The van der Waals surface area contributed by atoms with E-state index in [1.54, 1.807) is 25.1 Å². The second kappa shape index (κ2) is 5.61. The SMILES string of the molecule is Cc1cc(Cl)ccc1C(=O)N1CCCC[C@@H]1C(=O)O. The molecule has 1 amide bonds. The number of hydrogen-bond acceptors (Lipinski definition) is 2. The van der Waals surface area contributed by atoms with Gasteiger partial charge in [0.25, 0.3) is 5.91 Å². The molecule has 0 radical (unpaired) electrons. The second-order valence-electron chi connectivity index (χ2n) is 4.81. The maximum absolute atomic E-state index is 12.5. The van der Waals surface area contributed by atoms with E-state index in [0.29, 0.717) is 23.6 Å². The molecule has 0 bridgehead atoms. The van der Waals surface area contributed by atoms with Crippen molar-refractivity contribution in [2.45, 2.75) is 32.2 Å². The van der Waals surface area contributed by atoms with Crippen LogP contribution in [0.1, 0.15) is 35.2 Å². The van der Waals surface area contributed by atoms with Gasteiger partial charge in [0.15, 0.2) is 0 Å². The Labute approximate surface area is 117 Å². The summed E-state index contributed by atoms with van der Waals surface area (Å²) in [5, 5.41) is 9.77. The second-order valence-corrected chi connectivity index (χ2v) is 5.24. The van der Waals surface area contributed by atoms with E-state index < -0.39 is 12.0 Å². The van der Waals surface area contributed by atoms with E-state index >= 15 is 0 Å². The zero-order valence-corrected chi connectivity index (χ0v) is 11.5. The molecular weight excluding hydrogens is 266 g/mol. The van der Waals surface area contributed by atoms with Crippen LogP contribution in [0.15, 0.2) is 18.2 Å². The number of aryl methyl sites for hydroxylation is 1. The average molecular weight is 282 g/mol. The molecule has 1 saturated heterocycles. The molecule has 2 rings (SSSR count). The smallest absolute Gasteiger partial charge is 0.326 e. The lowest BCUT2D eigenvalue weighted by molar-refractivity contribution is -0.143. The van der Waals surface area contributed by atoms with E-state index in [1.165, 1.54) is 4.90 Å². The van der Waals surface area contributed by atoms with Gasteiger partial charge in [-0.2, -0.15) is 0 Å². The van der Waals surface area contributed by atoms with Gasteiger partial charge in [0.2, 0.25) is 0 Å². The Morgan fingerprint density at radius 1 is 1.37 bits per heavy atom. The Hall–Kier alpha value is -1.55. The van der Waals surface area contributed by atoms with Crippen LogP contribution in [0.3, 0.4) is 0 Å². The topological polar surface area (TPSA) is 57.6 Å². The molecule has 1 aromatic rings. The summed E-state index contributed by atoms with van der Waals surface area (Å²) in [7, 11) is 0. The van der Waals surface area contributed by atoms with Crippen molar-refractivity contribution in [1.82, 2.24) is 4.90 Å². The number of benzene rings is 1. The molecule has 102 valence electrons. The minimum atomic E-state index is -0.931. The highest BCUT2D eigenvalue weighted by molar-refractivity contribution is 6.30. The monoisotopic (exact) mass is 281 g/mol. The number of carboxylic acids is 1. The predicted octanol–water partition coefficient (Wildman–Crippen LogP) is 2.73. The van der Waals surface area contributed by atoms with Crippen LogP contribution in [0, 0.1) is 6.92 Å². The zero-order valence-electron chi connectivity index (χ0n) is 10.7. The first-order valence-electron chi connectivity index (χ1n) is 6.30. The molecule has 1 aliphatic heterocycles. The molecule has 1 fully saturated rings. The first kappa shape index (κ1) is 13.9. The Bertz CT molecular complexity index is 515. The lowest BCUT2D eigenvalue weighted by atomic mass is 9.99. The van der Waals surface area contributed by atoms with E-state index in [-0.39, 0.29) is 5.91 Å². The number of carbonyl (C=O) groups is 2. The maximum atomic E-state index is 12.5. The van der Waals surface area contributed by atoms with Crippen LogP contribution in [0.4, 0.5) is 0 Å². The summed E-state index contributed by atoms with van der Waals surface area (Å²) in [6, 6.07) is 4.32. The van der Waals surface area contributed by atoms with Gasteiger partial charge in [0, 0.05) is 17.1 Å². The predicted molar refractivity (Wildman–Crippen MR) is 72.5 cm³/mol. The summed E-state index contributed by atoms with van der Waals surface area (Å²) in [6.45, 7) is 2.30. The van der Waals surface area contributed by atoms with Gasteiger partial charge in [-0.3, -0.25) is 4.79 Å². The minimum Gasteiger partial charge on any atom is -0.480 e. The van der Waals surface area contributed by atoms with Gasteiger partial charge in [-0.05, 0) is 49.9 Å². The number of amides is 1. The molecule has 0 aromatic heterocycles. The minimum absolute atomic E-state index is 0.221. The van der Waals surface area contributed by atoms with Crippen LogP contribution in [-0.2, 0) is 4.79 Å². The molecule has 4 nitrogen and oxygen atoms in total.